The highest BCUT2D eigenvalue weighted by molar-refractivity contribution is 6.69. The largest absolute Gasteiger partial charge is 0.0580 e. The number of hydrogen-bond donors (Lipinski definition) is 0. The maximum Gasteiger partial charge on any atom is -0.0000236 e. The van der Waals surface area contributed by atoms with Gasteiger partial charge in [-0.25, -0.2) is 0 Å². The maximum absolute atomic E-state index is 2.79. The van der Waals surface area contributed by atoms with Crippen LogP contribution in [0.15, 0.2) is 121 Å². The average Bonchev–Trinajstić information content (AvgIpc) is 1.17. The Labute approximate surface area is 518 Å². The van der Waals surface area contributed by atoms with Gasteiger partial charge in [0.05, 0.1) is 0 Å². The molecule has 2 aliphatic rings. The highest BCUT2D eigenvalue weighted by Gasteiger charge is 2.40. The fraction of sp³-hybridized carbons (Fsp3) is 0.0870. The Morgan fingerprint density at radius 1 is 0.141 bits per heavy atom. The first-order chi connectivity index (χ1) is 45.2. The Kier molecular flexibility index (Phi) is 5.66. The lowest BCUT2D eigenvalue weighted by atomic mass is 9.69. The number of hydrogen-bond acceptors (Lipinski definition) is 0. The second-order valence-electron chi connectivity index (χ2n) is 30.5. The SMILES string of the molecule is Cc1cc2c3cc4c5ccc6c7ccc8c9c%10c(ccc%11c%12ccc(C)c%13c%14c(C)c(C)cc%15c%16cc%17c%18ccc%19c%20ccc%21c%22c%23c(ccc%24c%25ccc(C)c%26c(c1C)c2c1c(c%25%26)c(c%24%23)c(c%20%22)c2c%19c%18c(c4c%17c4c5c6c5c(c79)c(c%11%10)c(c%12%13)c(c%15%14)c5c%164)c3c12)C%21)C8. The molecule has 0 bridgehead atoms. The molecule has 0 fully saturated rings. The van der Waals surface area contributed by atoms with Crippen LogP contribution in [0.2, 0.25) is 0 Å². The van der Waals surface area contributed by atoms with E-state index in [0.717, 1.165) is 12.8 Å². The molecule has 0 N–H and O–H groups in total. The molecule has 2 aliphatic carbocycles. The second kappa shape index (κ2) is 12.1. The molecule has 410 valence electrons. The van der Waals surface area contributed by atoms with Crippen molar-refractivity contribution in [1.82, 2.24) is 0 Å². The minimum absolute atomic E-state index is 0.988. The number of benzene rings is 28. The van der Waals surface area contributed by atoms with Crippen molar-refractivity contribution in [3.05, 3.63) is 177 Å². The molecule has 92 heavy (non-hydrogen) atoms. The van der Waals surface area contributed by atoms with Crippen LogP contribution in [-0.2, 0) is 12.8 Å². The van der Waals surface area contributed by atoms with E-state index in [1.165, 1.54) is 346 Å². The van der Waals surface area contributed by atoms with Crippen molar-refractivity contribution >= 4 is 291 Å². The summed E-state index contributed by atoms with van der Waals surface area (Å²) in [6, 6.07) is 51.6. The fourth-order valence-electron chi connectivity index (χ4n) is 24.5. The number of fused-ring (bicyclic) bond motifs is 10. The van der Waals surface area contributed by atoms with Gasteiger partial charge in [-0.1, -0.05) is 109 Å². The summed E-state index contributed by atoms with van der Waals surface area (Å²) >= 11 is 0. The van der Waals surface area contributed by atoms with E-state index in [1.54, 1.807) is 0 Å². The molecule has 0 unspecified atom stereocenters. The van der Waals surface area contributed by atoms with E-state index in [4.69, 9.17) is 0 Å². The van der Waals surface area contributed by atoms with E-state index in [-0.39, 0.29) is 0 Å². The van der Waals surface area contributed by atoms with Crippen LogP contribution in [0.3, 0.4) is 0 Å². The molecule has 0 atom stereocenters. The van der Waals surface area contributed by atoms with Crippen LogP contribution in [0.1, 0.15) is 55.6 Å². The summed E-state index contributed by atoms with van der Waals surface area (Å²) in [4.78, 5) is 0. The molecule has 28 aromatic carbocycles. The third kappa shape index (κ3) is 3.54. The molecule has 30 rings (SSSR count). The van der Waals surface area contributed by atoms with Gasteiger partial charge in [0.15, 0.2) is 0 Å². The Balaban J connectivity index is 0.980. The first-order valence-electron chi connectivity index (χ1n) is 33.8. The van der Waals surface area contributed by atoms with Crippen LogP contribution in [0, 0.1) is 41.5 Å². The van der Waals surface area contributed by atoms with E-state index in [1.807, 2.05) is 0 Å². The molecule has 0 nitrogen and oxygen atoms in total. The summed E-state index contributed by atoms with van der Waals surface area (Å²) in [5.41, 5.74) is 14.3. The molecule has 0 radical (unpaired) electrons. The molecule has 28 aromatic rings. The fourth-order valence-corrected chi connectivity index (χ4v) is 24.5. The topological polar surface area (TPSA) is 0 Å². The monoisotopic (exact) mass is 1150 g/mol. The Bertz CT molecular complexity index is 8110. The smallest absolute Gasteiger partial charge is 0.0000236 e. The second-order valence-corrected chi connectivity index (χ2v) is 30.5. The number of aryl methyl sites for hydroxylation is 6. The molecule has 0 amide bonds. The van der Waals surface area contributed by atoms with Crippen LogP contribution in [0.5, 0.6) is 0 Å². The Morgan fingerprint density at radius 3 is 0.630 bits per heavy atom. The summed E-state index contributed by atoms with van der Waals surface area (Å²) in [7, 11) is 0. The maximum atomic E-state index is 2.79. The van der Waals surface area contributed by atoms with Crippen LogP contribution >= 0.6 is 0 Å². The van der Waals surface area contributed by atoms with Crippen molar-refractivity contribution in [3.8, 4) is 0 Å². The van der Waals surface area contributed by atoms with E-state index >= 15 is 0 Å². The van der Waals surface area contributed by atoms with E-state index in [2.05, 4.69) is 163 Å². The molecule has 0 saturated heterocycles. The van der Waals surface area contributed by atoms with Crippen molar-refractivity contribution in [1.29, 1.82) is 0 Å². The van der Waals surface area contributed by atoms with Crippen LogP contribution in [0.25, 0.3) is 291 Å². The van der Waals surface area contributed by atoms with Gasteiger partial charge in [0.1, 0.15) is 0 Å². The average molecular weight is 1150 g/mol. The van der Waals surface area contributed by atoms with E-state index < -0.39 is 0 Å². The third-order valence-electron chi connectivity index (χ3n) is 27.6. The van der Waals surface area contributed by atoms with Crippen LogP contribution < -0.4 is 0 Å². The minimum Gasteiger partial charge on any atom is -0.0580 e. The van der Waals surface area contributed by atoms with Crippen molar-refractivity contribution in [2.75, 3.05) is 0 Å². The Morgan fingerprint density at radius 2 is 0.326 bits per heavy atom. The van der Waals surface area contributed by atoms with Gasteiger partial charge < -0.3 is 0 Å². The van der Waals surface area contributed by atoms with Crippen molar-refractivity contribution in [2.45, 2.75) is 54.4 Å². The predicted molar refractivity (Wildman–Crippen MR) is 401 cm³/mol. The number of rotatable bonds is 0. The van der Waals surface area contributed by atoms with E-state index in [0.29, 0.717) is 0 Å². The first kappa shape index (κ1) is 42.9. The normalized spacial score (nSPS) is 15.0. The minimum atomic E-state index is 0.988. The Hall–Kier alpha value is -10.9. The lowest BCUT2D eigenvalue weighted by molar-refractivity contribution is 1.28. The molecular formula is C92H42. The molecule has 0 aromatic heterocycles. The van der Waals surface area contributed by atoms with Crippen LogP contribution in [0.4, 0.5) is 0 Å². The van der Waals surface area contributed by atoms with Gasteiger partial charge in [-0.3, -0.25) is 0 Å². The summed E-state index contributed by atoms with van der Waals surface area (Å²) in [6.45, 7) is 14.5. The van der Waals surface area contributed by atoms with E-state index in [9.17, 15) is 0 Å². The molecule has 0 heterocycles. The molecule has 0 heteroatoms. The first-order valence-corrected chi connectivity index (χ1v) is 33.8. The summed E-state index contributed by atoms with van der Waals surface area (Å²) < 4.78 is 0. The molecule has 0 spiro atoms. The van der Waals surface area contributed by atoms with Gasteiger partial charge in [-0.2, -0.15) is 0 Å². The third-order valence-corrected chi connectivity index (χ3v) is 27.6. The predicted octanol–water partition coefficient (Wildman–Crippen LogP) is 26.0. The van der Waals surface area contributed by atoms with Gasteiger partial charge in [0, 0.05) is 0 Å². The van der Waals surface area contributed by atoms with Gasteiger partial charge >= 0.3 is 0 Å². The summed E-state index contributed by atoms with van der Waals surface area (Å²) in [5, 5.41) is 79.3. The van der Waals surface area contributed by atoms with Gasteiger partial charge in [-0.05, 0) is 413 Å². The van der Waals surface area contributed by atoms with Gasteiger partial charge in [0.25, 0.3) is 0 Å². The van der Waals surface area contributed by atoms with Crippen molar-refractivity contribution < 1.29 is 0 Å². The summed E-state index contributed by atoms with van der Waals surface area (Å²) in [5.74, 6) is 0. The highest BCUT2D eigenvalue weighted by atomic mass is 14.4. The van der Waals surface area contributed by atoms with Gasteiger partial charge in [0.2, 0.25) is 0 Å². The lowest BCUT2D eigenvalue weighted by Gasteiger charge is -2.33. The van der Waals surface area contributed by atoms with Crippen molar-refractivity contribution in [3.63, 3.8) is 0 Å². The zero-order valence-electron chi connectivity index (χ0n) is 51.0. The summed E-state index contributed by atoms with van der Waals surface area (Å²) in [6.07, 6.45) is 1.98. The molecular weight excluding hydrogens is 1110 g/mol. The zero-order valence-corrected chi connectivity index (χ0v) is 51.0. The molecule has 0 aliphatic heterocycles. The van der Waals surface area contributed by atoms with Crippen LogP contribution in [-0.4, -0.2) is 0 Å². The quantitative estimate of drug-likeness (QED) is 0.105. The molecule has 0 saturated carbocycles. The standard InChI is InChI=1S/C92H42/c1-29-7-13-39-41-15-9-35-25-37-11-17-43-45-19-22-48-52-28-54-50-24-32(4)34(6)58-56-30(2)8-14-40-42-16-10-36-26-38-12-18-44-46-20-21-47-51-27-53-49-23-31(3)33(5)57-55(29)63(39)81-83-65(41)59(35)61(37)67(43)85(83)87-69(45)71(48)79(77(53)91(87)89(81)73(49)57)75(51)76(52)80-72(47)70(46)88-86-68(44)62(38)60(36)66(42)84(86)82(64(40)56)90(74(50)58)92(88)78(54)80/h7-24,27-28H,25-26H2,1-6H3. The highest BCUT2D eigenvalue weighted by Crippen LogP contribution is 2.68. The van der Waals surface area contributed by atoms with Crippen molar-refractivity contribution in [2.24, 2.45) is 0 Å². The van der Waals surface area contributed by atoms with Gasteiger partial charge in [-0.15, -0.1) is 0 Å². The zero-order chi connectivity index (χ0) is 58.5. The lowest BCUT2D eigenvalue weighted by Crippen LogP contribution is -2.04.